The van der Waals surface area contributed by atoms with Gasteiger partial charge in [0, 0.05) is 11.9 Å². The molecule has 0 unspecified atom stereocenters. The minimum absolute atomic E-state index is 0.0191. The van der Waals surface area contributed by atoms with E-state index in [2.05, 4.69) is 23.2 Å². The van der Waals surface area contributed by atoms with Crippen LogP contribution in [0.3, 0.4) is 0 Å². The summed E-state index contributed by atoms with van der Waals surface area (Å²) < 4.78 is 1.44. The van der Waals surface area contributed by atoms with Gasteiger partial charge >= 0.3 is 0 Å². The molecule has 27 heavy (non-hydrogen) atoms. The fraction of sp³-hybridized carbons (Fsp3) is 0.381. The minimum Gasteiger partial charge on any atom is -0.337 e. The van der Waals surface area contributed by atoms with Crippen LogP contribution in [0, 0.1) is 13.8 Å². The molecule has 1 aliphatic rings. The molecule has 1 aromatic carbocycles. The quantitative estimate of drug-likeness (QED) is 0.696. The number of fused-ring (bicyclic) bond motifs is 2. The fourth-order valence-electron chi connectivity index (χ4n) is 3.94. The molecule has 5 nitrogen and oxygen atoms in total. The first kappa shape index (κ1) is 17.9. The maximum Gasteiger partial charge on any atom is 0.262 e. The average Bonchev–Trinajstić information content (AvgIpc) is 2.97. The van der Waals surface area contributed by atoms with Crippen LogP contribution < -0.4 is 5.56 Å². The van der Waals surface area contributed by atoms with Crippen molar-refractivity contribution in [3.63, 3.8) is 0 Å². The lowest BCUT2D eigenvalue weighted by Crippen LogP contribution is -2.37. The summed E-state index contributed by atoms with van der Waals surface area (Å²) in [5.41, 5.74) is 3.37. The number of nitrogens with zero attached hydrogens (tertiary/aromatic N) is 3. The van der Waals surface area contributed by atoms with Crippen LogP contribution in [-0.4, -0.2) is 27.4 Å². The molecule has 0 saturated heterocycles. The molecule has 0 N–H and O–H groups in total. The van der Waals surface area contributed by atoms with Crippen LogP contribution in [-0.2, 0) is 17.8 Å². The molecule has 6 heteroatoms. The standard InChI is InChI=1S/C21H23N3O2S/c1-13-14(2)27-20-19(13)21(26)24(12-22-20)11-18(25)23(3)17-10-6-8-15-7-4-5-9-16(15)17/h4-5,7,9,12,17H,6,8,10-11H2,1-3H3/t17-/m1/s1. The number of amides is 1. The Kier molecular flexibility index (Phi) is 4.60. The van der Waals surface area contributed by atoms with Gasteiger partial charge in [0.1, 0.15) is 11.4 Å². The van der Waals surface area contributed by atoms with Gasteiger partial charge in [0.2, 0.25) is 5.91 Å². The SMILES string of the molecule is Cc1sc2ncn(CC(=O)N(C)[C@@H]3CCCc4ccccc43)c(=O)c2c1C. The summed E-state index contributed by atoms with van der Waals surface area (Å²) in [7, 11) is 1.84. The normalized spacial score (nSPS) is 16.3. The molecule has 1 amide bonds. The van der Waals surface area contributed by atoms with Crippen LogP contribution in [0.5, 0.6) is 0 Å². The molecule has 4 rings (SSSR count). The third-order valence-electron chi connectivity index (χ3n) is 5.66. The van der Waals surface area contributed by atoms with Crippen LogP contribution >= 0.6 is 11.3 Å². The molecular formula is C21H23N3O2S. The lowest BCUT2D eigenvalue weighted by atomic mass is 9.87. The van der Waals surface area contributed by atoms with Gasteiger partial charge < -0.3 is 4.90 Å². The summed E-state index contributed by atoms with van der Waals surface area (Å²) in [4.78, 5) is 33.8. The lowest BCUT2D eigenvalue weighted by molar-refractivity contribution is -0.133. The van der Waals surface area contributed by atoms with E-state index in [1.165, 1.54) is 33.4 Å². The van der Waals surface area contributed by atoms with Gasteiger partial charge in [0.25, 0.3) is 5.56 Å². The first-order chi connectivity index (χ1) is 13.0. The monoisotopic (exact) mass is 381 g/mol. The van der Waals surface area contributed by atoms with Crippen LogP contribution in [0.1, 0.15) is 40.5 Å². The summed E-state index contributed by atoms with van der Waals surface area (Å²) in [6.45, 7) is 3.95. The van der Waals surface area contributed by atoms with Gasteiger partial charge in [-0.3, -0.25) is 14.2 Å². The third-order valence-corrected chi connectivity index (χ3v) is 6.78. The lowest BCUT2D eigenvalue weighted by Gasteiger charge is -2.33. The van der Waals surface area contributed by atoms with Crippen molar-refractivity contribution in [2.24, 2.45) is 0 Å². The molecule has 0 fully saturated rings. The van der Waals surface area contributed by atoms with E-state index in [0.29, 0.717) is 5.39 Å². The number of thiophene rings is 1. The Balaban J connectivity index is 1.61. The Labute approximate surface area is 162 Å². The van der Waals surface area contributed by atoms with Crippen molar-refractivity contribution in [1.29, 1.82) is 0 Å². The number of carbonyl (C=O) groups is 1. The zero-order valence-corrected chi connectivity index (χ0v) is 16.7. The number of aryl methyl sites for hydroxylation is 3. The first-order valence-electron chi connectivity index (χ1n) is 9.26. The maximum absolute atomic E-state index is 12.9. The number of hydrogen-bond donors (Lipinski definition) is 0. The van der Waals surface area contributed by atoms with Gasteiger partial charge in [-0.15, -0.1) is 11.3 Å². The van der Waals surface area contributed by atoms with E-state index in [4.69, 9.17) is 0 Å². The van der Waals surface area contributed by atoms with Crippen LogP contribution in [0.25, 0.3) is 10.2 Å². The summed E-state index contributed by atoms with van der Waals surface area (Å²) in [5.74, 6) is -0.0652. The third kappa shape index (κ3) is 3.08. The molecule has 2 heterocycles. The van der Waals surface area contributed by atoms with Crippen molar-refractivity contribution >= 4 is 27.5 Å². The molecule has 0 aliphatic heterocycles. The predicted octanol–water partition coefficient (Wildman–Crippen LogP) is 3.61. The molecule has 2 aromatic heterocycles. The number of carbonyl (C=O) groups excluding carboxylic acids is 1. The van der Waals surface area contributed by atoms with E-state index in [-0.39, 0.29) is 24.1 Å². The highest BCUT2D eigenvalue weighted by Gasteiger charge is 2.27. The Morgan fingerprint density at radius 3 is 2.93 bits per heavy atom. The highest BCUT2D eigenvalue weighted by molar-refractivity contribution is 7.18. The van der Waals surface area contributed by atoms with Gasteiger partial charge in [-0.2, -0.15) is 0 Å². The van der Waals surface area contributed by atoms with Crippen molar-refractivity contribution < 1.29 is 4.79 Å². The van der Waals surface area contributed by atoms with E-state index < -0.39 is 0 Å². The van der Waals surface area contributed by atoms with Gasteiger partial charge in [-0.25, -0.2) is 4.98 Å². The molecule has 0 spiro atoms. The van der Waals surface area contributed by atoms with E-state index >= 15 is 0 Å². The zero-order chi connectivity index (χ0) is 19.1. The second-order valence-corrected chi connectivity index (χ2v) is 8.46. The zero-order valence-electron chi connectivity index (χ0n) is 15.9. The molecule has 0 bridgehead atoms. The topological polar surface area (TPSA) is 55.2 Å². The second-order valence-electron chi connectivity index (χ2n) is 7.25. The van der Waals surface area contributed by atoms with Crippen molar-refractivity contribution in [1.82, 2.24) is 14.5 Å². The Hall–Kier alpha value is -2.47. The van der Waals surface area contributed by atoms with Crippen molar-refractivity contribution in [3.8, 4) is 0 Å². The molecule has 3 aromatic rings. The van der Waals surface area contributed by atoms with Crippen molar-refractivity contribution in [2.75, 3.05) is 7.05 Å². The van der Waals surface area contributed by atoms with E-state index in [0.717, 1.165) is 34.5 Å². The van der Waals surface area contributed by atoms with E-state index in [1.807, 2.05) is 27.0 Å². The number of rotatable bonds is 3. The fourth-order valence-corrected chi connectivity index (χ4v) is 4.93. The summed E-state index contributed by atoms with van der Waals surface area (Å²) >= 11 is 1.52. The van der Waals surface area contributed by atoms with Crippen LogP contribution in [0.15, 0.2) is 35.4 Å². The largest absolute Gasteiger partial charge is 0.337 e. The number of aromatic nitrogens is 2. The van der Waals surface area contributed by atoms with Gasteiger partial charge in [-0.1, -0.05) is 24.3 Å². The number of likely N-dealkylation sites (N-methyl/N-ethyl adjacent to an activating group) is 1. The van der Waals surface area contributed by atoms with E-state index in [9.17, 15) is 9.59 Å². The Bertz CT molecular complexity index is 1080. The van der Waals surface area contributed by atoms with Gasteiger partial charge in [0.05, 0.1) is 17.8 Å². The highest BCUT2D eigenvalue weighted by atomic mass is 32.1. The Morgan fingerprint density at radius 1 is 1.33 bits per heavy atom. The van der Waals surface area contributed by atoms with Gasteiger partial charge in [-0.05, 0) is 49.8 Å². The first-order valence-corrected chi connectivity index (χ1v) is 10.1. The van der Waals surface area contributed by atoms with E-state index in [1.54, 1.807) is 4.90 Å². The molecule has 0 saturated carbocycles. The predicted molar refractivity (Wildman–Crippen MR) is 108 cm³/mol. The highest BCUT2D eigenvalue weighted by Crippen LogP contribution is 2.33. The van der Waals surface area contributed by atoms with Crippen molar-refractivity contribution in [3.05, 3.63) is 62.5 Å². The molecule has 140 valence electrons. The smallest absolute Gasteiger partial charge is 0.262 e. The average molecular weight is 382 g/mol. The Morgan fingerprint density at radius 2 is 2.11 bits per heavy atom. The number of benzene rings is 1. The van der Waals surface area contributed by atoms with Crippen LogP contribution in [0.4, 0.5) is 0 Å². The van der Waals surface area contributed by atoms with Crippen molar-refractivity contribution in [2.45, 2.75) is 45.7 Å². The molecular weight excluding hydrogens is 358 g/mol. The summed E-state index contributed by atoms with van der Waals surface area (Å²) in [6, 6.07) is 8.40. The molecule has 0 radical (unpaired) electrons. The minimum atomic E-state index is -0.132. The maximum atomic E-state index is 12.9. The molecule has 1 atom stereocenters. The van der Waals surface area contributed by atoms with Crippen LogP contribution in [0.2, 0.25) is 0 Å². The number of hydrogen-bond acceptors (Lipinski definition) is 4. The second kappa shape index (κ2) is 6.93. The van der Waals surface area contributed by atoms with Gasteiger partial charge in [0.15, 0.2) is 0 Å². The summed E-state index contributed by atoms with van der Waals surface area (Å²) in [6.07, 6.45) is 4.58. The molecule has 1 aliphatic carbocycles. The summed E-state index contributed by atoms with van der Waals surface area (Å²) in [5, 5.41) is 0.637.